The van der Waals surface area contributed by atoms with Crippen LogP contribution >= 0.6 is 0 Å². The number of hydrogen-bond acceptors (Lipinski definition) is 3. The van der Waals surface area contributed by atoms with Gasteiger partial charge in [-0.3, -0.25) is 4.79 Å². The van der Waals surface area contributed by atoms with Crippen LogP contribution in [0.15, 0.2) is 24.3 Å². The second-order valence-corrected chi connectivity index (χ2v) is 5.72. The molecule has 2 rings (SSSR count). The Morgan fingerprint density at radius 3 is 2.81 bits per heavy atom. The molecule has 1 unspecified atom stereocenters. The van der Waals surface area contributed by atoms with Crippen LogP contribution in [0.3, 0.4) is 0 Å². The van der Waals surface area contributed by atoms with Crippen molar-refractivity contribution < 1.29 is 9.53 Å². The Kier molecular flexibility index (Phi) is 6.21. The Morgan fingerprint density at radius 2 is 2.10 bits per heavy atom. The molecule has 1 saturated heterocycles. The number of carbonyl (C=O) groups is 1. The number of aryl methyl sites for hydroxylation is 1. The zero-order valence-electron chi connectivity index (χ0n) is 13.0. The largest absolute Gasteiger partial charge is 0.378 e. The number of rotatable bonds is 6. The van der Waals surface area contributed by atoms with Gasteiger partial charge >= 0.3 is 0 Å². The molecule has 1 aromatic rings. The van der Waals surface area contributed by atoms with Gasteiger partial charge < -0.3 is 15.4 Å². The Bertz CT molecular complexity index is 456. The molecule has 1 fully saturated rings. The van der Waals surface area contributed by atoms with E-state index in [9.17, 15) is 4.79 Å². The van der Waals surface area contributed by atoms with Crippen molar-refractivity contribution in [2.75, 3.05) is 19.7 Å². The summed E-state index contributed by atoms with van der Waals surface area (Å²) in [5.41, 5.74) is 2.38. The zero-order chi connectivity index (χ0) is 15.1. The molecule has 0 saturated carbocycles. The zero-order valence-corrected chi connectivity index (χ0v) is 13.0. The maximum atomic E-state index is 12.0. The molecule has 1 aliphatic heterocycles. The summed E-state index contributed by atoms with van der Waals surface area (Å²) in [7, 11) is 0. The summed E-state index contributed by atoms with van der Waals surface area (Å²) in [4.78, 5) is 12.0. The molecule has 1 aromatic carbocycles. The van der Waals surface area contributed by atoms with Crippen LogP contribution in [0.1, 0.15) is 43.4 Å². The van der Waals surface area contributed by atoms with Gasteiger partial charge in [-0.2, -0.15) is 0 Å². The summed E-state index contributed by atoms with van der Waals surface area (Å²) >= 11 is 0. The van der Waals surface area contributed by atoms with Crippen LogP contribution in [0.5, 0.6) is 0 Å². The van der Waals surface area contributed by atoms with Crippen molar-refractivity contribution in [1.29, 1.82) is 0 Å². The van der Waals surface area contributed by atoms with Crippen LogP contribution in [0.2, 0.25) is 0 Å². The molecular formula is C17H26N2O2. The standard InChI is InChI=1S/C17H26N2O2/c1-13-5-3-4-6-16(13)14(2)19-17(20)9-12-21-15-7-10-18-11-8-15/h3-6,14-15,18H,7-12H2,1-2H3,(H,19,20). The minimum Gasteiger partial charge on any atom is -0.378 e. The molecule has 4 nitrogen and oxygen atoms in total. The van der Waals surface area contributed by atoms with Crippen LogP contribution < -0.4 is 10.6 Å². The second kappa shape index (κ2) is 8.15. The molecular weight excluding hydrogens is 264 g/mol. The molecule has 0 aromatic heterocycles. The lowest BCUT2D eigenvalue weighted by atomic mass is 10.0. The van der Waals surface area contributed by atoms with Crippen molar-refractivity contribution >= 4 is 5.91 Å². The first-order valence-corrected chi connectivity index (χ1v) is 7.84. The highest BCUT2D eigenvalue weighted by atomic mass is 16.5. The summed E-state index contributed by atoms with van der Waals surface area (Å²) in [5, 5.41) is 6.35. The molecule has 4 heteroatoms. The first-order valence-electron chi connectivity index (χ1n) is 7.84. The van der Waals surface area contributed by atoms with E-state index in [1.165, 1.54) is 11.1 Å². The van der Waals surface area contributed by atoms with Gasteiger partial charge in [-0.15, -0.1) is 0 Å². The fraction of sp³-hybridized carbons (Fsp3) is 0.588. The Labute approximate surface area is 127 Å². The lowest BCUT2D eigenvalue weighted by Crippen LogP contribution is -2.33. The topological polar surface area (TPSA) is 50.4 Å². The molecule has 1 heterocycles. The summed E-state index contributed by atoms with van der Waals surface area (Å²) in [6.07, 6.45) is 2.83. The van der Waals surface area contributed by atoms with Gasteiger partial charge in [-0.1, -0.05) is 24.3 Å². The van der Waals surface area contributed by atoms with Gasteiger partial charge in [-0.05, 0) is 50.9 Å². The number of amides is 1. The third kappa shape index (κ3) is 5.14. The smallest absolute Gasteiger partial charge is 0.222 e. The van der Waals surface area contributed by atoms with E-state index in [2.05, 4.69) is 29.7 Å². The van der Waals surface area contributed by atoms with E-state index in [0.717, 1.165) is 25.9 Å². The summed E-state index contributed by atoms with van der Waals surface area (Å²) in [6, 6.07) is 8.19. The van der Waals surface area contributed by atoms with Gasteiger partial charge in [0.1, 0.15) is 0 Å². The number of hydrogen-bond donors (Lipinski definition) is 2. The first-order chi connectivity index (χ1) is 10.2. The van der Waals surface area contributed by atoms with Crippen LogP contribution in [-0.2, 0) is 9.53 Å². The molecule has 1 atom stereocenters. The number of nitrogens with one attached hydrogen (secondary N) is 2. The second-order valence-electron chi connectivity index (χ2n) is 5.72. The highest BCUT2D eigenvalue weighted by Crippen LogP contribution is 2.16. The number of ether oxygens (including phenoxy) is 1. The Hall–Kier alpha value is -1.39. The van der Waals surface area contributed by atoms with E-state index in [0.29, 0.717) is 19.1 Å². The van der Waals surface area contributed by atoms with Crippen LogP contribution in [0.25, 0.3) is 0 Å². The molecule has 116 valence electrons. The molecule has 0 radical (unpaired) electrons. The third-order valence-corrected chi connectivity index (χ3v) is 4.00. The minimum atomic E-state index is 0.0394. The summed E-state index contributed by atoms with van der Waals surface area (Å²) in [5.74, 6) is 0.0553. The summed E-state index contributed by atoms with van der Waals surface area (Å²) < 4.78 is 5.76. The van der Waals surface area contributed by atoms with E-state index in [-0.39, 0.29) is 11.9 Å². The van der Waals surface area contributed by atoms with Crippen molar-refractivity contribution in [2.45, 2.75) is 45.3 Å². The monoisotopic (exact) mass is 290 g/mol. The van der Waals surface area contributed by atoms with Crippen LogP contribution in [0, 0.1) is 6.92 Å². The number of piperidine rings is 1. The molecule has 1 aliphatic rings. The first kappa shape index (κ1) is 16.0. The minimum absolute atomic E-state index is 0.0394. The highest BCUT2D eigenvalue weighted by molar-refractivity contribution is 5.76. The van der Waals surface area contributed by atoms with Gasteiger partial charge in [0.05, 0.1) is 18.8 Å². The van der Waals surface area contributed by atoms with E-state index < -0.39 is 0 Å². The van der Waals surface area contributed by atoms with E-state index in [1.807, 2.05) is 19.1 Å². The predicted octanol–water partition coefficient (Wildman–Crippen LogP) is 2.33. The average molecular weight is 290 g/mol. The van der Waals surface area contributed by atoms with Gasteiger partial charge in [0.25, 0.3) is 0 Å². The van der Waals surface area contributed by atoms with Gasteiger partial charge in [0.2, 0.25) is 5.91 Å². The molecule has 0 aliphatic carbocycles. The van der Waals surface area contributed by atoms with Crippen LogP contribution in [-0.4, -0.2) is 31.7 Å². The van der Waals surface area contributed by atoms with Crippen molar-refractivity contribution in [1.82, 2.24) is 10.6 Å². The lowest BCUT2D eigenvalue weighted by molar-refractivity contribution is -0.123. The van der Waals surface area contributed by atoms with Gasteiger partial charge in [0, 0.05) is 6.42 Å². The normalized spacial score (nSPS) is 17.4. The molecule has 0 spiro atoms. The van der Waals surface area contributed by atoms with E-state index in [4.69, 9.17) is 4.74 Å². The third-order valence-electron chi connectivity index (χ3n) is 4.00. The fourth-order valence-electron chi connectivity index (χ4n) is 2.74. The van der Waals surface area contributed by atoms with Crippen molar-refractivity contribution in [3.8, 4) is 0 Å². The SMILES string of the molecule is Cc1ccccc1C(C)NC(=O)CCOC1CCNCC1. The van der Waals surface area contributed by atoms with Gasteiger partial charge in [0.15, 0.2) is 0 Å². The van der Waals surface area contributed by atoms with E-state index in [1.54, 1.807) is 0 Å². The maximum Gasteiger partial charge on any atom is 0.222 e. The predicted molar refractivity (Wildman–Crippen MR) is 84.2 cm³/mol. The lowest BCUT2D eigenvalue weighted by Gasteiger charge is -2.23. The highest BCUT2D eigenvalue weighted by Gasteiger charge is 2.15. The fourth-order valence-corrected chi connectivity index (χ4v) is 2.74. The average Bonchev–Trinajstić information content (AvgIpc) is 2.48. The Morgan fingerprint density at radius 1 is 1.38 bits per heavy atom. The summed E-state index contributed by atoms with van der Waals surface area (Å²) in [6.45, 7) is 6.63. The quantitative estimate of drug-likeness (QED) is 0.845. The van der Waals surface area contributed by atoms with Crippen molar-refractivity contribution in [3.05, 3.63) is 35.4 Å². The molecule has 2 N–H and O–H groups in total. The van der Waals surface area contributed by atoms with Gasteiger partial charge in [-0.25, -0.2) is 0 Å². The molecule has 0 bridgehead atoms. The van der Waals surface area contributed by atoms with Crippen LogP contribution in [0.4, 0.5) is 0 Å². The molecule has 21 heavy (non-hydrogen) atoms. The van der Waals surface area contributed by atoms with E-state index >= 15 is 0 Å². The number of carbonyl (C=O) groups excluding carboxylic acids is 1. The maximum absolute atomic E-state index is 12.0. The van der Waals surface area contributed by atoms with Crippen molar-refractivity contribution in [2.24, 2.45) is 0 Å². The number of benzene rings is 1. The Balaban J connectivity index is 1.70. The van der Waals surface area contributed by atoms with Crippen molar-refractivity contribution in [3.63, 3.8) is 0 Å². The molecule has 1 amide bonds.